The third-order valence-corrected chi connectivity index (χ3v) is 2.76. The first-order chi connectivity index (χ1) is 9.59. The predicted octanol–water partition coefficient (Wildman–Crippen LogP) is 0.862. The standard InChI is InChI=1S/C15H23N3O2/c1-17(2)11-7-8-14(19)16-10-4-6-13-18-12-5-3-9-15(18)20/h3,5,7-9,12H,4,6,10-11,13H2,1-2H3,(H,16,19)/b8-7+. The van der Waals surface area contributed by atoms with Crippen molar-refractivity contribution in [1.82, 2.24) is 14.8 Å². The molecule has 1 aromatic rings. The van der Waals surface area contributed by atoms with Crippen molar-refractivity contribution < 1.29 is 4.79 Å². The number of hydrogen-bond acceptors (Lipinski definition) is 3. The van der Waals surface area contributed by atoms with Gasteiger partial charge in [-0.3, -0.25) is 9.59 Å². The van der Waals surface area contributed by atoms with Gasteiger partial charge in [0.2, 0.25) is 11.5 Å². The van der Waals surface area contributed by atoms with Gasteiger partial charge in [0.15, 0.2) is 0 Å². The average Bonchev–Trinajstić information content (AvgIpc) is 2.40. The monoisotopic (exact) mass is 277 g/mol. The molecule has 0 unspecified atom stereocenters. The lowest BCUT2D eigenvalue weighted by atomic mass is 10.3. The quantitative estimate of drug-likeness (QED) is 0.566. The molecule has 110 valence electrons. The van der Waals surface area contributed by atoms with Gasteiger partial charge in [-0.25, -0.2) is 0 Å². The topological polar surface area (TPSA) is 54.3 Å². The molecule has 20 heavy (non-hydrogen) atoms. The fourth-order valence-electron chi connectivity index (χ4n) is 1.69. The van der Waals surface area contributed by atoms with Crippen molar-refractivity contribution in [3.8, 4) is 0 Å². The molecule has 0 atom stereocenters. The van der Waals surface area contributed by atoms with Gasteiger partial charge in [-0.1, -0.05) is 12.1 Å². The number of hydrogen-bond donors (Lipinski definition) is 1. The van der Waals surface area contributed by atoms with Crippen molar-refractivity contribution in [2.45, 2.75) is 19.4 Å². The second-order valence-corrected chi connectivity index (χ2v) is 4.90. The van der Waals surface area contributed by atoms with Crippen LogP contribution < -0.4 is 10.9 Å². The Morgan fingerprint density at radius 2 is 2.15 bits per heavy atom. The molecule has 0 aliphatic carbocycles. The highest BCUT2D eigenvalue weighted by molar-refractivity contribution is 5.87. The Kier molecular flexibility index (Phi) is 7.35. The van der Waals surface area contributed by atoms with Gasteiger partial charge in [0.1, 0.15) is 0 Å². The first-order valence-corrected chi connectivity index (χ1v) is 6.84. The molecule has 1 heterocycles. The molecule has 0 aromatic carbocycles. The summed E-state index contributed by atoms with van der Waals surface area (Å²) in [6.07, 6.45) is 6.89. The van der Waals surface area contributed by atoms with Gasteiger partial charge in [0, 0.05) is 38.0 Å². The van der Waals surface area contributed by atoms with E-state index >= 15 is 0 Å². The van der Waals surface area contributed by atoms with Crippen molar-refractivity contribution in [2.75, 3.05) is 27.2 Å². The highest BCUT2D eigenvalue weighted by atomic mass is 16.1. The van der Waals surface area contributed by atoms with Crippen LogP contribution in [0.15, 0.2) is 41.3 Å². The van der Waals surface area contributed by atoms with E-state index in [1.807, 2.05) is 31.1 Å². The predicted molar refractivity (Wildman–Crippen MR) is 80.6 cm³/mol. The molecule has 0 aliphatic rings. The first-order valence-electron chi connectivity index (χ1n) is 6.84. The molecule has 5 nitrogen and oxygen atoms in total. The van der Waals surface area contributed by atoms with Crippen molar-refractivity contribution in [1.29, 1.82) is 0 Å². The molecule has 0 spiro atoms. The summed E-state index contributed by atoms with van der Waals surface area (Å²) in [6.45, 7) is 2.07. The molecular formula is C15H23N3O2. The lowest BCUT2D eigenvalue weighted by molar-refractivity contribution is -0.116. The number of pyridine rings is 1. The summed E-state index contributed by atoms with van der Waals surface area (Å²) in [6, 6.07) is 5.13. The number of likely N-dealkylation sites (N-methyl/N-ethyl adjacent to an activating group) is 1. The van der Waals surface area contributed by atoms with Crippen LogP contribution in [0, 0.1) is 0 Å². The number of amides is 1. The van der Waals surface area contributed by atoms with Crippen molar-refractivity contribution in [3.63, 3.8) is 0 Å². The van der Waals surface area contributed by atoms with Crippen LogP contribution in [0.3, 0.4) is 0 Å². The Morgan fingerprint density at radius 3 is 2.85 bits per heavy atom. The van der Waals surface area contributed by atoms with Crippen LogP contribution in [0.25, 0.3) is 0 Å². The van der Waals surface area contributed by atoms with E-state index in [4.69, 9.17) is 0 Å². The average molecular weight is 277 g/mol. The summed E-state index contributed by atoms with van der Waals surface area (Å²) in [4.78, 5) is 24.9. The minimum atomic E-state index is -0.0660. The molecule has 0 saturated carbocycles. The third-order valence-electron chi connectivity index (χ3n) is 2.76. The minimum Gasteiger partial charge on any atom is -0.353 e. The lowest BCUT2D eigenvalue weighted by Crippen LogP contribution is -2.23. The Labute approximate surface area is 119 Å². The highest BCUT2D eigenvalue weighted by Gasteiger charge is 1.96. The maximum atomic E-state index is 11.4. The fourth-order valence-corrected chi connectivity index (χ4v) is 1.69. The smallest absolute Gasteiger partial charge is 0.250 e. The van der Waals surface area contributed by atoms with E-state index in [1.54, 1.807) is 29.0 Å². The normalized spacial score (nSPS) is 11.2. The SMILES string of the molecule is CN(C)C/C=C/C(=O)NCCCCn1ccccc1=O. The van der Waals surface area contributed by atoms with Gasteiger partial charge in [-0.15, -0.1) is 0 Å². The zero-order valence-electron chi connectivity index (χ0n) is 12.2. The Hall–Kier alpha value is -1.88. The van der Waals surface area contributed by atoms with Crippen molar-refractivity contribution in [3.05, 3.63) is 46.9 Å². The van der Waals surface area contributed by atoms with E-state index in [0.717, 1.165) is 19.4 Å². The number of unbranched alkanes of at least 4 members (excludes halogenated alkanes) is 1. The number of carbonyl (C=O) groups excluding carboxylic acids is 1. The maximum Gasteiger partial charge on any atom is 0.250 e. The van der Waals surface area contributed by atoms with Crippen LogP contribution in [-0.2, 0) is 11.3 Å². The summed E-state index contributed by atoms with van der Waals surface area (Å²) < 4.78 is 1.68. The summed E-state index contributed by atoms with van der Waals surface area (Å²) in [5.41, 5.74) is 0.0168. The number of rotatable bonds is 8. The van der Waals surface area contributed by atoms with Crippen LogP contribution in [-0.4, -0.2) is 42.6 Å². The summed E-state index contributed by atoms with van der Waals surface area (Å²) in [5.74, 6) is -0.0660. The molecular weight excluding hydrogens is 254 g/mol. The lowest BCUT2D eigenvalue weighted by Gasteiger charge is -2.06. The number of carbonyl (C=O) groups is 1. The van der Waals surface area contributed by atoms with Crippen molar-refractivity contribution >= 4 is 5.91 Å². The van der Waals surface area contributed by atoms with Crippen molar-refractivity contribution in [2.24, 2.45) is 0 Å². The zero-order valence-corrected chi connectivity index (χ0v) is 12.2. The van der Waals surface area contributed by atoms with Crippen LogP contribution in [0.4, 0.5) is 0 Å². The molecule has 0 saturated heterocycles. The molecule has 1 aromatic heterocycles. The molecule has 0 bridgehead atoms. The Morgan fingerprint density at radius 1 is 1.35 bits per heavy atom. The molecule has 5 heteroatoms. The van der Waals surface area contributed by atoms with E-state index in [1.165, 1.54) is 0 Å². The van der Waals surface area contributed by atoms with Crippen LogP contribution in [0.1, 0.15) is 12.8 Å². The van der Waals surface area contributed by atoms with Crippen LogP contribution in [0.5, 0.6) is 0 Å². The van der Waals surface area contributed by atoms with E-state index in [0.29, 0.717) is 13.1 Å². The first kappa shape index (κ1) is 16.2. The van der Waals surface area contributed by atoms with E-state index in [-0.39, 0.29) is 11.5 Å². The van der Waals surface area contributed by atoms with Gasteiger partial charge in [0.05, 0.1) is 0 Å². The number of aryl methyl sites for hydroxylation is 1. The van der Waals surface area contributed by atoms with Gasteiger partial charge in [-0.2, -0.15) is 0 Å². The number of nitrogens with one attached hydrogen (secondary N) is 1. The van der Waals surface area contributed by atoms with Gasteiger partial charge < -0.3 is 14.8 Å². The van der Waals surface area contributed by atoms with Crippen LogP contribution in [0.2, 0.25) is 0 Å². The molecule has 0 fully saturated rings. The number of aromatic nitrogens is 1. The minimum absolute atomic E-state index is 0.0168. The molecule has 1 N–H and O–H groups in total. The molecule has 0 radical (unpaired) electrons. The van der Waals surface area contributed by atoms with Gasteiger partial charge in [0.25, 0.3) is 0 Å². The number of nitrogens with zero attached hydrogens (tertiary/aromatic N) is 2. The maximum absolute atomic E-state index is 11.4. The summed E-state index contributed by atoms with van der Waals surface area (Å²) >= 11 is 0. The Balaban J connectivity index is 2.13. The molecule has 1 amide bonds. The zero-order chi connectivity index (χ0) is 14.8. The van der Waals surface area contributed by atoms with Gasteiger partial charge >= 0.3 is 0 Å². The van der Waals surface area contributed by atoms with E-state index < -0.39 is 0 Å². The molecule has 1 rings (SSSR count). The molecule has 0 aliphatic heterocycles. The van der Waals surface area contributed by atoms with E-state index in [2.05, 4.69) is 5.32 Å². The summed E-state index contributed by atoms with van der Waals surface area (Å²) in [5, 5.41) is 2.83. The largest absolute Gasteiger partial charge is 0.353 e. The second kappa shape index (κ2) is 9.09. The highest BCUT2D eigenvalue weighted by Crippen LogP contribution is 1.92. The van der Waals surface area contributed by atoms with Crippen LogP contribution >= 0.6 is 0 Å². The third kappa shape index (κ3) is 6.89. The van der Waals surface area contributed by atoms with E-state index in [9.17, 15) is 9.59 Å². The Bertz CT molecular complexity index is 492. The second-order valence-electron chi connectivity index (χ2n) is 4.90. The fraction of sp³-hybridized carbons (Fsp3) is 0.467. The summed E-state index contributed by atoms with van der Waals surface area (Å²) in [7, 11) is 3.90. The van der Waals surface area contributed by atoms with Gasteiger partial charge in [-0.05, 0) is 33.0 Å².